The number of anilines is 1. The Hall–Kier alpha value is -3.60. The molecule has 0 aliphatic heterocycles. The van der Waals surface area contributed by atoms with Gasteiger partial charge >= 0.3 is 0 Å². The minimum atomic E-state index is -1.24. The summed E-state index contributed by atoms with van der Waals surface area (Å²) in [6.07, 6.45) is 0.866. The second kappa shape index (κ2) is 10.8. The first-order valence-corrected chi connectivity index (χ1v) is 11.1. The number of halogens is 1. The fourth-order valence-electron chi connectivity index (χ4n) is 3.80. The molecule has 0 heterocycles. The van der Waals surface area contributed by atoms with E-state index >= 15 is 0 Å². The minimum Gasteiger partial charge on any atom is -0.325 e. The van der Waals surface area contributed by atoms with Crippen molar-refractivity contribution in [3.8, 4) is 0 Å². The monoisotopic (exact) mass is 445 g/mol. The van der Waals surface area contributed by atoms with Gasteiger partial charge in [-0.2, -0.15) is 0 Å². The van der Waals surface area contributed by atoms with Crippen molar-refractivity contribution >= 4 is 23.2 Å². The van der Waals surface area contributed by atoms with Crippen LogP contribution >= 0.6 is 0 Å². The maximum Gasteiger partial charge on any atom is 0.236 e. The van der Waals surface area contributed by atoms with Crippen molar-refractivity contribution in [2.24, 2.45) is 11.8 Å². The van der Waals surface area contributed by atoms with Crippen LogP contribution in [-0.4, -0.2) is 17.5 Å². The third kappa shape index (κ3) is 5.80. The van der Waals surface area contributed by atoms with E-state index in [2.05, 4.69) is 5.32 Å². The Bertz CT molecular complexity index is 1110. The van der Waals surface area contributed by atoms with E-state index in [-0.39, 0.29) is 11.3 Å². The third-order valence-electron chi connectivity index (χ3n) is 5.69. The number of aryl methyl sites for hydroxylation is 1. The summed E-state index contributed by atoms with van der Waals surface area (Å²) in [5.74, 6) is -4.49. The molecule has 170 valence electrons. The number of nitrogens with one attached hydrogen (secondary N) is 1. The molecule has 1 amide bonds. The Kier molecular flexibility index (Phi) is 7.88. The molecule has 2 unspecified atom stereocenters. The molecule has 0 spiro atoms. The van der Waals surface area contributed by atoms with Crippen molar-refractivity contribution < 1.29 is 18.8 Å². The normalized spacial score (nSPS) is 12.8. The van der Waals surface area contributed by atoms with Crippen molar-refractivity contribution in [1.82, 2.24) is 0 Å². The zero-order chi connectivity index (χ0) is 24.0. The largest absolute Gasteiger partial charge is 0.325 e. The van der Waals surface area contributed by atoms with E-state index < -0.39 is 35.3 Å². The molecule has 0 bridgehead atoms. The van der Waals surface area contributed by atoms with Gasteiger partial charge in [0.15, 0.2) is 5.78 Å². The molecule has 4 nitrogen and oxygen atoms in total. The van der Waals surface area contributed by atoms with Crippen LogP contribution in [0.2, 0.25) is 0 Å². The molecule has 0 aromatic heterocycles. The molecule has 0 aliphatic rings. The minimum absolute atomic E-state index is 0.243. The van der Waals surface area contributed by atoms with Crippen LogP contribution in [0.3, 0.4) is 0 Å². The molecule has 0 saturated carbocycles. The van der Waals surface area contributed by atoms with Crippen molar-refractivity contribution in [2.45, 2.75) is 33.1 Å². The Morgan fingerprint density at radius 2 is 1.45 bits per heavy atom. The van der Waals surface area contributed by atoms with E-state index in [1.54, 1.807) is 56.3 Å². The highest BCUT2D eigenvalue weighted by Crippen LogP contribution is 2.32. The first-order chi connectivity index (χ1) is 15.8. The summed E-state index contributed by atoms with van der Waals surface area (Å²) >= 11 is 0. The van der Waals surface area contributed by atoms with Crippen LogP contribution in [0, 0.1) is 17.7 Å². The number of hydrogen-bond donors (Lipinski definition) is 1. The van der Waals surface area contributed by atoms with Crippen LogP contribution in [0.4, 0.5) is 10.1 Å². The molecular weight excluding hydrogens is 417 g/mol. The number of rotatable bonds is 9. The summed E-state index contributed by atoms with van der Waals surface area (Å²) in [6.45, 7) is 5.46. The maximum atomic E-state index is 13.6. The van der Waals surface area contributed by atoms with Crippen LogP contribution in [0.15, 0.2) is 78.9 Å². The zero-order valence-electron chi connectivity index (χ0n) is 19.0. The average Bonchev–Trinajstić information content (AvgIpc) is 2.83. The summed E-state index contributed by atoms with van der Waals surface area (Å²) in [4.78, 5) is 40.4. The van der Waals surface area contributed by atoms with E-state index in [9.17, 15) is 18.8 Å². The van der Waals surface area contributed by atoms with Gasteiger partial charge in [-0.3, -0.25) is 14.4 Å². The number of carbonyl (C=O) groups is 3. The second-order valence-electron chi connectivity index (χ2n) is 8.33. The molecule has 3 aromatic rings. The second-order valence-corrected chi connectivity index (χ2v) is 8.33. The van der Waals surface area contributed by atoms with E-state index in [0.717, 1.165) is 12.0 Å². The molecule has 0 aliphatic carbocycles. The Labute approximate surface area is 193 Å². The third-order valence-corrected chi connectivity index (χ3v) is 5.69. The Morgan fingerprint density at radius 1 is 0.848 bits per heavy atom. The van der Waals surface area contributed by atoms with Crippen LogP contribution < -0.4 is 5.32 Å². The number of carbonyl (C=O) groups excluding carboxylic acids is 3. The Morgan fingerprint density at radius 3 is 2.00 bits per heavy atom. The lowest BCUT2D eigenvalue weighted by Gasteiger charge is -2.26. The van der Waals surface area contributed by atoms with E-state index in [4.69, 9.17) is 0 Å². The number of amides is 1. The van der Waals surface area contributed by atoms with Crippen LogP contribution in [0.25, 0.3) is 0 Å². The lowest BCUT2D eigenvalue weighted by Crippen LogP contribution is -2.40. The molecule has 33 heavy (non-hydrogen) atoms. The highest BCUT2D eigenvalue weighted by Gasteiger charge is 2.41. The molecule has 1 N–H and O–H groups in total. The van der Waals surface area contributed by atoms with Gasteiger partial charge in [0.2, 0.25) is 5.91 Å². The van der Waals surface area contributed by atoms with Crippen molar-refractivity contribution in [3.63, 3.8) is 0 Å². The molecule has 0 fully saturated rings. The number of benzene rings is 3. The fourth-order valence-corrected chi connectivity index (χ4v) is 3.80. The smallest absolute Gasteiger partial charge is 0.236 e. The molecular formula is C28H28FNO3. The Balaban J connectivity index is 2.05. The average molecular weight is 446 g/mol. The standard InChI is InChI=1S/C28H28FNO3/c1-4-19-10-16-23(17-11-19)30-28(33)25(26(31)18(2)3)24(20-8-6-5-7-9-20)27(32)21-12-14-22(29)15-13-21/h5-18,24-25H,4H2,1-3H3,(H,30,33). The van der Waals surface area contributed by atoms with Gasteiger partial charge in [-0.1, -0.05) is 63.2 Å². The van der Waals surface area contributed by atoms with Crippen LogP contribution in [0.5, 0.6) is 0 Å². The summed E-state index contributed by atoms with van der Waals surface area (Å²) in [7, 11) is 0. The SMILES string of the molecule is CCc1ccc(NC(=O)C(C(=O)C(C)C)C(C(=O)c2ccc(F)cc2)c2ccccc2)cc1. The topological polar surface area (TPSA) is 63.2 Å². The summed E-state index contributed by atoms with van der Waals surface area (Å²) in [6, 6.07) is 21.3. The predicted molar refractivity (Wildman–Crippen MR) is 128 cm³/mol. The molecule has 5 heteroatoms. The van der Waals surface area contributed by atoms with Crippen LogP contribution in [-0.2, 0) is 16.0 Å². The van der Waals surface area contributed by atoms with Gasteiger partial charge in [0.05, 0.1) is 5.92 Å². The van der Waals surface area contributed by atoms with Gasteiger partial charge in [0, 0.05) is 17.2 Å². The lowest BCUT2D eigenvalue weighted by molar-refractivity contribution is -0.133. The molecule has 0 saturated heterocycles. The van der Waals surface area contributed by atoms with Gasteiger partial charge in [-0.15, -0.1) is 0 Å². The maximum absolute atomic E-state index is 13.6. The van der Waals surface area contributed by atoms with E-state index in [0.29, 0.717) is 11.3 Å². The number of hydrogen-bond acceptors (Lipinski definition) is 3. The zero-order valence-corrected chi connectivity index (χ0v) is 19.0. The summed E-state index contributed by atoms with van der Waals surface area (Å²) in [5.41, 5.74) is 2.48. The first-order valence-electron chi connectivity index (χ1n) is 11.1. The predicted octanol–water partition coefficient (Wildman–Crippen LogP) is 5.83. The first kappa shape index (κ1) is 24.1. The van der Waals surface area contributed by atoms with E-state index in [1.165, 1.54) is 24.3 Å². The van der Waals surface area contributed by atoms with Gasteiger partial charge in [0.1, 0.15) is 17.5 Å². The van der Waals surface area contributed by atoms with Crippen molar-refractivity contribution in [2.75, 3.05) is 5.32 Å². The van der Waals surface area contributed by atoms with Gasteiger partial charge in [-0.05, 0) is 53.9 Å². The highest BCUT2D eigenvalue weighted by molar-refractivity contribution is 6.14. The molecule has 0 radical (unpaired) electrons. The lowest BCUT2D eigenvalue weighted by atomic mass is 9.75. The summed E-state index contributed by atoms with van der Waals surface area (Å²) in [5, 5.41) is 2.82. The molecule has 3 rings (SSSR count). The fraction of sp³-hybridized carbons (Fsp3) is 0.250. The molecule has 3 aromatic carbocycles. The molecule has 2 atom stereocenters. The van der Waals surface area contributed by atoms with Gasteiger partial charge in [-0.25, -0.2) is 4.39 Å². The van der Waals surface area contributed by atoms with E-state index in [1.807, 2.05) is 19.1 Å². The van der Waals surface area contributed by atoms with Crippen LogP contribution in [0.1, 0.15) is 48.2 Å². The highest BCUT2D eigenvalue weighted by atomic mass is 19.1. The van der Waals surface area contributed by atoms with Crippen molar-refractivity contribution in [3.05, 3.63) is 101 Å². The summed E-state index contributed by atoms with van der Waals surface area (Å²) < 4.78 is 13.5. The number of ketones is 2. The van der Waals surface area contributed by atoms with Crippen molar-refractivity contribution in [1.29, 1.82) is 0 Å². The number of Topliss-reactive ketones (excluding diaryl/α,β-unsaturated/α-hetero) is 2. The van der Waals surface area contributed by atoms with Gasteiger partial charge < -0.3 is 5.32 Å². The quantitative estimate of drug-likeness (QED) is 0.333. The van der Waals surface area contributed by atoms with Gasteiger partial charge in [0.25, 0.3) is 0 Å².